The molecule has 4 heteroatoms. The maximum Gasteiger partial charge on any atom is 0.235 e. The molecular formula is C43H29N3O. The van der Waals surface area contributed by atoms with Crippen LogP contribution in [-0.2, 0) is 5.41 Å². The van der Waals surface area contributed by atoms with Gasteiger partial charge in [0.25, 0.3) is 0 Å². The molecule has 0 bridgehead atoms. The Balaban J connectivity index is 1.29. The summed E-state index contributed by atoms with van der Waals surface area (Å²) in [4.78, 5) is 10.5. The second-order valence-electron chi connectivity index (χ2n) is 13.0. The zero-order chi connectivity index (χ0) is 31.3. The second kappa shape index (κ2) is 9.51. The molecule has 1 aliphatic rings. The van der Waals surface area contributed by atoms with Gasteiger partial charge in [-0.3, -0.25) is 4.57 Å². The van der Waals surface area contributed by atoms with E-state index in [4.69, 9.17) is 14.4 Å². The van der Waals surface area contributed by atoms with Gasteiger partial charge < -0.3 is 4.42 Å². The van der Waals surface area contributed by atoms with Crippen LogP contribution in [-0.4, -0.2) is 14.5 Å². The van der Waals surface area contributed by atoms with Crippen molar-refractivity contribution in [3.8, 4) is 39.6 Å². The number of para-hydroxylation sites is 2. The molecular weight excluding hydrogens is 574 g/mol. The van der Waals surface area contributed by atoms with E-state index in [2.05, 4.69) is 140 Å². The Kier molecular flexibility index (Phi) is 5.31. The normalized spacial score (nSPS) is 13.5. The number of nitrogens with zero attached hydrogens (tertiary/aromatic N) is 3. The lowest BCUT2D eigenvalue weighted by Crippen LogP contribution is -2.15. The Morgan fingerprint density at radius 1 is 0.532 bits per heavy atom. The highest BCUT2D eigenvalue weighted by Crippen LogP contribution is 2.54. The van der Waals surface area contributed by atoms with Gasteiger partial charge in [-0.2, -0.15) is 0 Å². The van der Waals surface area contributed by atoms with Crippen LogP contribution in [0.1, 0.15) is 25.0 Å². The molecule has 0 amide bonds. The highest BCUT2D eigenvalue weighted by Gasteiger charge is 2.38. The molecule has 0 saturated carbocycles. The van der Waals surface area contributed by atoms with E-state index in [0.717, 1.165) is 55.5 Å². The Bertz CT molecular complexity index is 2640. The van der Waals surface area contributed by atoms with Crippen molar-refractivity contribution in [3.05, 3.63) is 151 Å². The molecule has 47 heavy (non-hydrogen) atoms. The minimum Gasteiger partial charge on any atom is -0.455 e. The number of rotatable bonds is 3. The van der Waals surface area contributed by atoms with Gasteiger partial charge >= 0.3 is 0 Å². The van der Waals surface area contributed by atoms with Crippen molar-refractivity contribution in [1.82, 2.24) is 14.5 Å². The van der Waals surface area contributed by atoms with Crippen molar-refractivity contribution in [2.45, 2.75) is 19.3 Å². The lowest BCUT2D eigenvalue weighted by atomic mass is 9.82. The molecule has 0 fully saturated rings. The predicted octanol–water partition coefficient (Wildman–Crippen LogP) is 11.1. The van der Waals surface area contributed by atoms with E-state index in [1.165, 1.54) is 33.0 Å². The summed E-state index contributed by atoms with van der Waals surface area (Å²) in [7, 11) is 0. The maximum atomic E-state index is 6.60. The zero-order valence-electron chi connectivity index (χ0n) is 26.0. The van der Waals surface area contributed by atoms with E-state index in [9.17, 15) is 0 Å². The first-order chi connectivity index (χ1) is 23.1. The molecule has 0 aliphatic heterocycles. The number of hydrogen-bond donors (Lipinski definition) is 0. The summed E-state index contributed by atoms with van der Waals surface area (Å²) in [6.45, 7) is 4.65. The maximum absolute atomic E-state index is 6.60. The summed E-state index contributed by atoms with van der Waals surface area (Å²) in [5.74, 6) is 0.657. The van der Waals surface area contributed by atoms with E-state index >= 15 is 0 Å². The van der Waals surface area contributed by atoms with Gasteiger partial charge in [-0.05, 0) is 47.0 Å². The number of aromatic nitrogens is 3. The third-order valence-electron chi connectivity index (χ3n) is 10.0. The van der Waals surface area contributed by atoms with Crippen LogP contribution in [0.5, 0.6) is 0 Å². The fraction of sp³-hybridized carbons (Fsp3) is 0.0698. The third kappa shape index (κ3) is 3.70. The van der Waals surface area contributed by atoms with Crippen LogP contribution in [0.4, 0.5) is 0 Å². The Labute approximate surface area is 271 Å². The fourth-order valence-corrected chi connectivity index (χ4v) is 7.72. The molecule has 6 aromatic carbocycles. The minimum atomic E-state index is -0.227. The molecule has 0 N–H and O–H groups in total. The molecule has 3 aromatic heterocycles. The Morgan fingerprint density at radius 3 is 1.89 bits per heavy atom. The minimum absolute atomic E-state index is 0.227. The Hall–Kier alpha value is -6.00. The highest BCUT2D eigenvalue weighted by molar-refractivity contribution is 6.15. The molecule has 0 unspecified atom stereocenters. The van der Waals surface area contributed by atoms with Crippen molar-refractivity contribution in [2.75, 3.05) is 0 Å². The van der Waals surface area contributed by atoms with Crippen LogP contribution in [0.15, 0.2) is 144 Å². The SMILES string of the molecule is CC1(C)c2cc3c(cc2-c2c1ccc1c2oc2ccccc21)c1ccccc1n3-c1nc(-c2ccccc2)cc(-c2ccccc2)n1. The van der Waals surface area contributed by atoms with Gasteiger partial charge in [0.1, 0.15) is 11.2 Å². The van der Waals surface area contributed by atoms with Gasteiger partial charge in [0.2, 0.25) is 5.95 Å². The standard InChI is InChI=1S/C43H29N3O/c1-43(2)33-22-21-30-29-18-10-12-20-39(29)47-41(30)40(33)32-23-31-28-17-9-11-19-37(28)46(38(31)24-34(32)43)42-44-35(26-13-5-3-6-14-26)25-36(45-42)27-15-7-4-8-16-27/h3-25H,1-2H3. The molecule has 9 aromatic rings. The molecule has 222 valence electrons. The van der Waals surface area contributed by atoms with Crippen LogP contribution in [0, 0.1) is 0 Å². The molecule has 0 spiro atoms. The lowest BCUT2D eigenvalue weighted by Gasteiger charge is -2.21. The first-order valence-corrected chi connectivity index (χ1v) is 16.1. The Morgan fingerprint density at radius 2 is 1.17 bits per heavy atom. The summed E-state index contributed by atoms with van der Waals surface area (Å²) in [6.07, 6.45) is 0. The van der Waals surface area contributed by atoms with Crippen LogP contribution in [0.3, 0.4) is 0 Å². The molecule has 0 saturated heterocycles. The third-order valence-corrected chi connectivity index (χ3v) is 10.0. The van der Waals surface area contributed by atoms with Gasteiger partial charge in [0.05, 0.1) is 22.4 Å². The average Bonchev–Trinajstić information content (AvgIpc) is 3.73. The van der Waals surface area contributed by atoms with Crippen molar-refractivity contribution >= 4 is 43.7 Å². The summed E-state index contributed by atoms with van der Waals surface area (Å²) in [5, 5.41) is 4.65. The molecule has 4 nitrogen and oxygen atoms in total. The number of fused-ring (bicyclic) bond motifs is 10. The number of hydrogen-bond acceptors (Lipinski definition) is 3. The first kappa shape index (κ1) is 26.2. The van der Waals surface area contributed by atoms with E-state index in [1.807, 2.05) is 18.2 Å². The van der Waals surface area contributed by atoms with Crippen molar-refractivity contribution in [3.63, 3.8) is 0 Å². The van der Waals surface area contributed by atoms with Crippen LogP contribution in [0.2, 0.25) is 0 Å². The molecule has 0 atom stereocenters. The smallest absolute Gasteiger partial charge is 0.235 e. The van der Waals surface area contributed by atoms with E-state index in [-0.39, 0.29) is 5.41 Å². The zero-order valence-corrected chi connectivity index (χ0v) is 26.0. The lowest BCUT2D eigenvalue weighted by molar-refractivity contribution is 0.653. The van der Waals surface area contributed by atoms with E-state index in [0.29, 0.717) is 5.95 Å². The van der Waals surface area contributed by atoms with Crippen molar-refractivity contribution in [1.29, 1.82) is 0 Å². The van der Waals surface area contributed by atoms with Crippen LogP contribution < -0.4 is 0 Å². The van der Waals surface area contributed by atoms with Crippen molar-refractivity contribution < 1.29 is 4.42 Å². The van der Waals surface area contributed by atoms with Gasteiger partial charge in [-0.15, -0.1) is 0 Å². The predicted molar refractivity (Wildman–Crippen MR) is 192 cm³/mol. The van der Waals surface area contributed by atoms with Gasteiger partial charge in [-0.25, -0.2) is 9.97 Å². The molecule has 3 heterocycles. The number of benzene rings is 6. The van der Waals surface area contributed by atoms with Gasteiger partial charge in [0, 0.05) is 43.7 Å². The quantitative estimate of drug-likeness (QED) is 0.202. The molecule has 0 radical (unpaired) electrons. The fourth-order valence-electron chi connectivity index (χ4n) is 7.72. The monoisotopic (exact) mass is 603 g/mol. The van der Waals surface area contributed by atoms with E-state index in [1.54, 1.807) is 0 Å². The molecule has 1 aliphatic carbocycles. The van der Waals surface area contributed by atoms with E-state index < -0.39 is 0 Å². The highest BCUT2D eigenvalue weighted by atomic mass is 16.3. The summed E-state index contributed by atoms with van der Waals surface area (Å²) in [6, 6.07) is 49.1. The van der Waals surface area contributed by atoms with Crippen molar-refractivity contribution in [2.24, 2.45) is 0 Å². The van der Waals surface area contributed by atoms with Gasteiger partial charge in [0.15, 0.2) is 0 Å². The van der Waals surface area contributed by atoms with Crippen LogP contribution in [0.25, 0.3) is 83.3 Å². The molecule has 10 rings (SSSR count). The summed E-state index contributed by atoms with van der Waals surface area (Å²) in [5.41, 5.74) is 12.7. The first-order valence-electron chi connectivity index (χ1n) is 16.1. The topological polar surface area (TPSA) is 43.9 Å². The summed E-state index contributed by atoms with van der Waals surface area (Å²) < 4.78 is 8.85. The van der Waals surface area contributed by atoms with Crippen LogP contribution >= 0.6 is 0 Å². The van der Waals surface area contributed by atoms with Gasteiger partial charge in [-0.1, -0.05) is 123 Å². The second-order valence-corrected chi connectivity index (χ2v) is 13.0. The number of furan rings is 1. The summed E-state index contributed by atoms with van der Waals surface area (Å²) >= 11 is 0. The average molecular weight is 604 g/mol. The largest absolute Gasteiger partial charge is 0.455 e.